The molecule has 7 rings (SSSR count). The fourth-order valence-corrected chi connectivity index (χ4v) is 8.47. The Balaban J connectivity index is 1.13. The molecule has 0 bridgehead atoms. The number of carbonyl (C=O) groups excluding carboxylic acids is 1. The molecule has 0 aromatic heterocycles. The van der Waals surface area contributed by atoms with Crippen molar-refractivity contribution >= 4 is 25.4 Å². The predicted molar refractivity (Wildman–Crippen MR) is 149 cm³/mol. The van der Waals surface area contributed by atoms with Crippen molar-refractivity contribution in [2.45, 2.75) is 67.7 Å². The van der Waals surface area contributed by atoms with Gasteiger partial charge >= 0.3 is 241 Å². The van der Waals surface area contributed by atoms with Gasteiger partial charge in [0.05, 0.1) is 0 Å². The fourth-order valence-electron chi connectivity index (χ4n) is 6.17. The molecule has 0 spiro atoms. The Kier molecular flexibility index (Phi) is 7.74. The van der Waals surface area contributed by atoms with Gasteiger partial charge in [-0.15, -0.1) is 0 Å². The molecule has 4 saturated heterocycles. The standard InChI is InChI=1S/C32H33NO6Se/c34-28-16-15-24(37-28)20-40-27-14-8-7-13-23(27)17-33-25-18-35-31(21-9-3-1-4-10-21)38-29(25)30-26(33)19-36-32(39-30)22-11-5-2-6-12-22/h1-14,24-26,29-32H,15-20H2/t24?,25-,26-,29+,30+,31+,32+/m0/s1. The summed E-state index contributed by atoms with van der Waals surface area (Å²) in [4.78, 5) is 14.1. The van der Waals surface area contributed by atoms with Gasteiger partial charge in [-0.3, -0.25) is 0 Å². The van der Waals surface area contributed by atoms with Crippen LogP contribution in [0.25, 0.3) is 0 Å². The minimum atomic E-state index is -0.422. The van der Waals surface area contributed by atoms with E-state index in [-0.39, 0.29) is 51.3 Å². The van der Waals surface area contributed by atoms with E-state index in [4.69, 9.17) is 23.7 Å². The first-order valence-corrected chi connectivity index (χ1v) is 16.1. The molecule has 0 aliphatic carbocycles. The van der Waals surface area contributed by atoms with Crippen LogP contribution in [0.4, 0.5) is 0 Å². The molecule has 4 fully saturated rings. The van der Waals surface area contributed by atoms with Crippen molar-refractivity contribution in [3.05, 3.63) is 102 Å². The van der Waals surface area contributed by atoms with Crippen LogP contribution in [0.15, 0.2) is 84.9 Å². The van der Waals surface area contributed by atoms with Crippen LogP contribution in [0, 0.1) is 0 Å². The van der Waals surface area contributed by atoms with Gasteiger partial charge in [0.1, 0.15) is 0 Å². The van der Waals surface area contributed by atoms with E-state index in [1.807, 2.05) is 60.7 Å². The number of hydrogen-bond donors (Lipinski definition) is 0. The van der Waals surface area contributed by atoms with E-state index in [0.717, 1.165) is 29.4 Å². The number of benzene rings is 3. The molecule has 7 atom stereocenters. The molecule has 0 amide bonds. The number of fused-ring (bicyclic) bond motifs is 3. The number of likely N-dealkylation sites (tertiary alicyclic amines) is 1. The van der Waals surface area contributed by atoms with Gasteiger partial charge in [0, 0.05) is 0 Å². The summed E-state index contributed by atoms with van der Waals surface area (Å²) in [5.41, 5.74) is 3.33. The molecule has 1 unspecified atom stereocenters. The molecule has 3 aromatic carbocycles. The summed E-state index contributed by atoms with van der Waals surface area (Å²) in [5, 5.41) is 0.907. The second-order valence-electron chi connectivity index (χ2n) is 10.7. The van der Waals surface area contributed by atoms with Crippen LogP contribution in [0.5, 0.6) is 0 Å². The van der Waals surface area contributed by atoms with Crippen molar-refractivity contribution < 1.29 is 28.5 Å². The molecule has 0 radical (unpaired) electrons. The van der Waals surface area contributed by atoms with Gasteiger partial charge in [-0.25, -0.2) is 0 Å². The van der Waals surface area contributed by atoms with Crippen LogP contribution in [0.3, 0.4) is 0 Å². The third kappa shape index (κ3) is 5.38. The first-order valence-electron chi connectivity index (χ1n) is 14.0. The molecule has 8 heteroatoms. The van der Waals surface area contributed by atoms with Crippen molar-refractivity contribution in [1.82, 2.24) is 4.90 Å². The van der Waals surface area contributed by atoms with E-state index in [1.54, 1.807) is 0 Å². The predicted octanol–water partition coefficient (Wildman–Crippen LogP) is 3.92. The number of carbonyl (C=O) groups is 1. The Labute approximate surface area is 240 Å². The number of ether oxygens (including phenoxy) is 5. The van der Waals surface area contributed by atoms with Gasteiger partial charge in [0.25, 0.3) is 0 Å². The average molecular weight is 607 g/mol. The van der Waals surface area contributed by atoms with Crippen molar-refractivity contribution in [3.8, 4) is 0 Å². The van der Waals surface area contributed by atoms with Crippen LogP contribution in [0.1, 0.15) is 42.1 Å². The minimum absolute atomic E-state index is 0.0458. The van der Waals surface area contributed by atoms with E-state index in [0.29, 0.717) is 19.6 Å². The monoisotopic (exact) mass is 607 g/mol. The number of nitrogens with zero attached hydrogens (tertiary/aromatic N) is 1. The fraction of sp³-hybridized carbons (Fsp3) is 0.406. The van der Waals surface area contributed by atoms with E-state index >= 15 is 0 Å². The molecule has 4 heterocycles. The van der Waals surface area contributed by atoms with Crippen molar-refractivity contribution in [2.24, 2.45) is 0 Å². The first-order chi connectivity index (χ1) is 19.7. The molecule has 0 saturated carbocycles. The normalized spacial score (nSPS) is 31.9. The third-order valence-electron chi connectivity index (χ3n) is 8.19. The van der Waals surface area contributed by atoms with Gasteiger partial charge in [-0.1, -0.05) is 0 Å². The summed E-state index contributed by atoms with van der Waals surface area (Å²) >= 11 is 0.209. The van der Waals surface area contributed by atoms with Crippen LogP contribution >= 0.6 is 0 Å². The maximum absolute atomic E-state index is 11.6. The second kappa shape index (κ2) is 11.7. The summed E-state index contributed by atoms with van der Waals surface area (Å²) in [6, 6.07) is 29.0. The Bertz CT molecular complexity index is 1250. The molecule has 208 valence electrons. The molecule has 4 aliphatic rings. The van der Waals surface area contributed by atoms with Crippen LogP contribution in [-0.4, -0.2) is 69.4 Å². The Hall–Kier alpha value is -2.55. The van der Waals surface area contributed by atoms with Gasteiger partial charge in [0.2, 0.25) is 0 Å². The van der Waals surface area contributed by atoms with E-state index < -0.39 is 12.6 Å². The molecule has 3 aromatic rings. The zero-order chi connectivity index (χ0) is 26.9. The topological polar surface area (TPSA) is 66.5 Å². The summed E-state index contributed by atoms with van der Waals surface area (Å²) < 4.78 is 32.8. The molecule has 0 N–H and O–H groups in total. The van der Waals surface area contributed by atoms with E-state index in [2.05, 4.69) is 29.2 Å². The van der Waals surface area contributed by atoms with Gasteiger partial charge in [0.15, 0.2) is 0 Å². The molecular weight excluding hydrogens is 573 g/mol. The average Bonchev–Trinajstić information content (AvgIpc) is 3.57. The number of cyclic esters (lactones) is 1. The molecule has 4 aliphatic heterocycles. The first kappa shape index (κ1) is 26.4. The summed E-state index contributed by atoms with van der Waals surface area (Å²) in [6.07, 6.45) is 0.284. The quantitative estimate of drug-likeness (QED) is 0.299. The zero-order valence-corrected chi connectivity index (χ0v) is 23.9. The zero-order valence-electron chi connectivity index (χ0n) is 22.2. The molecule has 40 heavy (non-hydrogen) atoms. The molecule has 7 nitrogen and oxygen atoms in total. The van der Waals surface area contributed by atoms with E-state index in [9.17, 15) is 4.79 Å². The summed E-state index contributed by atoms with van der Waals surface area (Å²) in [5.74, 6) is -0.0690. The maximum atomic E-state index is 11.6. The van der Waals surface area contributed by atoms with Crippen LogP contribution in [-0.2, 0) is 35.0 Å². The van der Waals surface area contributed by atoms with Crippen molar-refractivity contribution in [2.75, 3.05) is 13.2 Å². The Morgan fingerprint density at radius 2 is 1.32 bits per heavy atom. The molecular formula is C32H33NO6Se. The second-order valence-corrected chi connectivity index (χ2v) is 13.0. The van der Waals surface area contributed by atoms with E-state index in [1.165, 1.54) is 10.0 Å². The van der Waals surface area contributed by atoms with Crippen LogP contribution in [0.2, 0.25) is 5.32 Å². The third-order valence-corrected chi connectivity index (χ3v) is 10.8. The van der Waals surface area contributed by atoms with Gasteiger partial charge in [-0.2, -0.15) is 0 Å². The van der Waals surface area contributed by atoms with Crippen molar-refractivity contribution in [1.29, 1.82) is 0 Å². The SMILES string of the molecule is O=C1CCC(C[Se]c2ccccc2CN2[C@H]3CO[C@@H](c4ccccc4)O[C@H]3[C@@H]3O[C@H](c4ccccc4)OC[C@@H]32)O1. The number of hydrogen-bond acceptors (Lipinski definition) is 7. The Morgan fingerprint density at radius 3 is 1.90 bits per heavy atom. The van der Waals surface area contributed by atoms with Crippen molar-refractivity contribution in [3.63, 3.8) is 0 Å². The Morgan fingerprint density at radius 1 is 0.750 bits per heavy atom. The summed E-state index contributed by atoms with van der Waals surface area (Å²) in [7, 11) is 0. The number of esters is 1. The van der Waals surface area contributed by atoms with Gasteiger partial charge < -0.3 is 0 Å². The van der Waals surface area contributed by atoms with Crippen LogP contribution < -0.4 is 4.46 Å². The number of rotatable bonds is 7. The summed E-state index contributed by atoms with van der Waals surface area (Å²) in [6.45, 7) is 1.88. The van der Waals surface area contributed by atoms with Gasteiger partial charge in [-0.05, 0) is 0 Å².